The van der Waals surface area contributed by atoms with E-state index in [2.05, 4.69) is 4.74 Å². The molecule has 1 rings (SSSR count). The Kier molecular flexibility index (Phi) is 5.77. The zero-order chi connectivity index (χ0) is 13.4. The Hall–Kier alpha value is -1.97. The molecule has 4 heteroatoms. The molecule has 4 nitrogen and oxygen atoms in total. The maximum absolute atomic E-state index is 11.1. The first-order chi connectivity index (χ1) is 8.72. The molecule has 98 valence electrons. The number of hydrogen-bond acceptors (Lipinski definition) is 4. The lowest BCUT2D eigenvalue weighted by Crippen LogP contribution is -2.00. The Morgan fingerprint density at radius 3 is 2.56 bits per heavy atom. The lowest BCUT2D eigenvalue weighted by Gasteiger charge is -2.13. The van der Waals surface area contributed by atoms with Crippen molar-refractivity contribution < 1.29 is 19.0 Å². The number of para-hydroxylation sites is 1. The molecule has 0 aliphatic rings. The molecule has 0 atom stereocenters. The van der Waals surface area contributed by atoms with E-state index in [1.54, 1.807) is 6.08 Å². The van der Waals surface area contributed by atoms with Gasteiger partial charge in [-0.3, -0.25) is 0 Å². The summed E-state index contributed by atoms with van der Waals surface area (Å²) in [7, 11) is 1.34. The van der Waals surface area contributed by atoms with E-state index < -0.39 is 5.97 Å². The first-order valence-electron chi connectivity index (χ1n) is 5.87. The Morgan fingerprint density at radius 1 is 1.22 bits per heavy atom. The van der Waals surface area contributed by atoms with Gasteiger partial charge in [0.05, 0.1) is 20.3 Å². The van der Waals surface area contributed by atoms with Crippen LogP contribution in [0, 0.1) is 0 Å². The molecule has 0 heterocycles. The molecular formula is C14H18O4. The van der Waals surface area contributed by atoms with Crippen molar-refractivity contribution in [2.75, 3.05) is 20.3 Å². The third kappa shape index (κ3) is 3.80. The molecule has 1 aromatic carbocycles. The summed E-state index contributed by atoms with van der Waals surface area (Å²) in [5.74, 6) is 0.910. The van der Waals surface area contributed by atoms with Crippen LogP contribution in [0.15, 0.2) is 24.3 Å². The van der Waals surface area contributed by atoms with Gasteiger partial charge in [-0.05, 0) is 26.0 Å². The molecular weight excluding hydrogens is 232 g/mol. The third-order valence-corrected chi connectivity index (χ3v) is 2.20. The van der Waals surface area contributed by atoms with Crippen LogP contribution in [0.2, 0.25) is 0 Å². The number of rotatable bonds is 6. The van der Waals surface area contributed by atoms with Crippen LogP contribution >= 0.6 is 0 Å². The summed E-state index contributed by atoms with van der Waals surface area (Å²) in [6, 6.07) is 5.54. The van der Waals surface area contributed by atoms with Crippen LogP contribution in [0.1, 0.15) is 19.4 Å². The molecule has 0 amide bonds. The minimum absolute atomic E-state index is 0.403. The quantitative estimate of drug-likeness (QED) is 0.575. The summed E-state index contributed by atoms with van der Waals surface area (Å²) >= 11 is 0. The summed E-state index contributed by atoms with van der Waals surface area (Å²) in [6.07, 6.45) is 3.01. The first-order valence-corrected chi connectivity index (χ1v) is 5.87. The Morgan fingerprint density at radius 2 is 1.94 bits per heavy atom. The largest absolute Gasteiger partial charge is 0.490 e. The van der Waals surface area contributed by atoms with Crippen LogP contribution < -0.4 is 9.47 Å². The summed E-state index contributed by atoms with van der Waals surface area (Å²) in [6.45, 7) is 4.90. The van der Waals surface area contributed by atoms with Gasteiger partial charge in [-0.25, -0.2) is 4.79 Å². The fourth-order valence-electron chi connectivity index (χ4n) is 1.46. The topological polar surface area (TPSA) is 44.8 Å². The summed E-state index contributed by atoms with van der Waals surface area (Å²) < 4.78 is 15.6. The van der Waals surface area contributed by atoms with Gasteiger partial charge in [0.1, 0.15) is 0 Å². The smallest absolute Gasteiger partial charge is 0.330 e. The van der Waals surface area contributed by atoms with Crippen molar-refractivity contribution >= 4 is 12.0 Å². The van der Waals surface area contributed by atoms with E-state index in [0.717, 1.165) is 5.56 Å². The van der Waals surface area contributed by atoms with E-state index in [-0.39, 0.29) is 0 Å². The van der Waals surface area contributed by atoms with Crippen LogP contribution in [0.3, 0.4) is 0 Å². The van der Waals surface area contributed by atoms with Crippen molar-refractivity contribution in [2.24, 2.45) is 0 Å². The predicted molar refractivity (Wildman–Crippen MR) is 69.8 cm³/mol. The summed E-state index contributed by atoms with van der Waals surface area (Å²) in [5, 5.41) is 0. The van der Waals surface area contributed by atoms with Gasteiger partial charge < -0.3 is 14.2 Å². The highest BCUT2D eigenvalue weighted by Crippen LogP contribution is 2.32. The number of carbonyl (C=O) groups is 1. The second-order valence-electron chi connectivity index (χ2n) is 3.40. The molecule has 0 bridgehead atoms. The van der Waals surface area contributed by atoms with Gasteiger partial charge in [-0.1, -0.05) is 12.1 Å². The Balaban J connectivity index is 3.05. The minimum Gasteiger partial charge on any atom is -0.490 e. The molecule has 0 spiro atoms. The molecule has 0 saturated heterocycles. The maximum Gasteiger partial charge on any atom is 0.330 e. The second-order valence-corrected chi connectivity index (χ2v) is 3.40. The van der Waals surface area contributed by atoms with Crippen LogP contribution in [-0.4, -0.2) is 26.3 Å². The highest BCUT2D eigenvalue weighted by atomic mass is 16.5. The highest BCUT2D eigenvalue weighted by molar-refractivity contribution is 5.87. The van der Waals surface area contributed by atoms with Gasteiger partial charge in [-0.2, -0.15) is 0 Å². The number of hydrogen-bond donors (Lipinski definition) is 0. The number of benzene rings is 1. The van der Waals surface area contributed by atoms with Crippen molar-refractivity contribution in [1.29, 1.82) is 0 Å². The molecule has 0 aromatic heterocycles. The van der Waals surface area contributed by atoms with Gasteiger partial charge in [0.2, 0.25) is 0 Å². The van der Waals surface area contributed by atoms with Crippen LogP contribution in [0.5, 0.6) is 11.5 Å². The summed E-state index contributed by atoms with van der Waals surface area (Å²) in [5.41, 5.74) is 0.785. The molecule has 0 fully saturated rings. The van der Waals surface area contributed by atoms with E-state index in [1.807, 2.05) is 32.0 Å². The van der Waals surface area contributed by atoms with Crippen molar-refractivity contribution in [1.82, 2.24) is 0 Å². The molecule has 0 aliphatic heterocycles. The number of esters is 1. The lowest BCUT2D eigenvalue weighted by atomic mass is 10.1. The van der Waals surface area contributed by atoms with Gasteiger partial charge >= 0.3 is 5.97 Å². The van der Waals surface area contributed by atoms with Crippen LogP contribution in [-0.2, 0) is 9.53 Å². The van der Waals surface area contributed by atoms with Gasteiger partial charge in [0.25, 0.3) is 0 Å². The average molecular weight is 250 g/mol. The minimum atomic E-state index is -0.403. The Bertz CT molecular complexity index is 424. The average Bonchev–Trinajstić information content (AvgIpc) is 2.39. The van der Waals surface area contributed by atoms with Crippen molar-refractivity contribution in [3.63, 3.8) is 0 Å². The zero-order valence-corrected chi connectivity index (χ0v) is 10.9. The van der Waals surface area contributed by atoms with Crippen molar-refractivity contribution in [3.8, 4) is 11.5 Å². The fraction of sp³-hybridized carbons (Fsp3) is 0.357. The van der Waals surface area contributed by atoms with E-state index in [4.69, 9.17) is 9.47 Å². The monoisotopic (exact) mass is 250 g/mol. The summed E-state index contributed by atoms with van der Waals surface area (Å²) in [4.78, 5) is 11.1. The number of carbonyl (C=O) groups excluding carboxylic acids is 1. The third-order valence-electron chi connectivity index (χ3n) is 2.20. The van der Waals surface area contributed by atoms with Gasteiger partial charge in [-0.15, -0.1) is 0 Å². The maximum atomic E-state index is 11.1. The first kappa shape index (κ1) is 14.1. The highest BCUT2D eigenvalue weighted by Gasteiger charge is 2.08. The molecule has 0 aliphatic carbocycles. The SMILES string of the molecule is CCOc1cccc(C=CC(=O)OC)c1OCC. The Labute approximate surface area is 107 Å². The lowest BCUT2D eigenvalue weighted by molar-refractivity contribution is -0.134. The van der Waals surface area contributed by atoms with Crippen molar-refractivity contribution in [3.05, 3.63) is 29.8 Å². The number of methoxy groups -OCH3 is 1. The predicted octanol–water partition coefficient (Wildman–Crippen LogP) is 2.67. The van der Waals surface area contributed by atoms with Crippen molar-refractivity contribution in [2.45, 2.75) is 13.8 Å². The second kappa shape index (κ2) is 7.37. The van der Waals surface area contributed by atoms with E-state index in [1.165, 1.54) is 13.2 Å². The standard InChI is InChI=1S/C14H18O4/c1-4-17-12-8-6-7-11(14(12)18-5-2)9-10-13(15)16-3/h6-10H,4-5H2,1-3H3. The zero-order valence-electron chi connectivity index (χ0n) is 10.9. The van der Waals surface area contributed by atoms with Crippen LogP contribution in [0.4, 0.5) is 0 Å². The van der Waals surface area contributed by atoms with E-state index in [0.29, 0.717) is 24.7 Å². The van der Waals surface area contributed by atoms with Crippen LogP contribution in [0.25, 0.3) is 6.08 Å². The number of ether oxygens (including phenoxy) is 3. The molecule has 0 N–H and O–H groups in total. The molecule has 0 unspecified atom stereocenters. The fourth-order valence-corrected chi connectivity index (χ4v) is 1.46. The molecule has 1 aromatic rings. The van der Waals surface area contributed by atoms with E-state index in [9.17, 15) is 4.79 Å². The molecule has 0 saturated carbocycles. The van der Waals surface area contributed by atoms with Gasteiger partial charge in [0, 0.05) is 11.6 Å². The normalized spacial score (nSPS) is 10.4. The van der Waals surface area contributed by atoms with Gasteiger partial charge in [0.15, 0.2) is 11.5 Å². The van der Waals surface area contributed by atoms with E-state index >= 15 is 0 Å². The molecule has 0 radical (unpaired) electrons. The molecule has 18 heavy (non-hydrogen) atoms.